The summed E-state index contributed by atoms with van der Waals surface area (Å²) >= 11 is 3.50. The monoisotopic (exact) mass is 309 g/mol. The predicted molar refractivity (Wildman–Crippen MR) is 78.7 cm³/mol. The molecule has 5 atom stereocenters. The number of nitrogens with zero attached hydrogens (tertiary/aromatic N) is 1. The van der Waals surface area contributed by atoms with Gasteiger partial charge >= 0.3 is 0 Å². The third-order valence-corrected chi connectivity index (χ3v) is 6.43. The van der Waals surface area contributed by atoms with Gasteiger partial charge in [0.05, 0.1) is 22.3 Å². The maximum absolute atomic E-state index is 10.1. The van der Waals surface area contributed by atoms with Gasteiger partial charge in [-0.25, -0.2) is 0 Å². The number of aliphatic hydroxyl groups is 1. The van der Waals surface area contributed by atoms with Gasteiger partial charge in [0.15, 0.2) is 0 Å². The molecular weight excluding hydrogens is 294 g/mol. The molecule has 0 aliphatic carbocycles. The van der Waals surface area contributed by atoms with Gasteiger partial charge in [0.2, 0.25) is 0 Å². The van der Waals surface area contributed by atoms with Gasteiger partial charge in [0.25, 0.3) is 0 Å². The largest absolute Gasteiger partial charge is 0.388 e. The standard InChI is InChI=1S/C14H15NO3S2/c1-17-12-11(16)10-7-19-14(13(12)18-10)20-9-4-2-8(6-15)3-5-9/h2-5,10-14,16H,7H2,1H3/t10-,11+,12-,13-,14-/m0/s1. The van der Waals surface area contributed by atoms with Crippen LogP contribution in [0.1, 0.15) is 5.56 Å². The molecule has 0 saturated carbocycles. The van der Waals surface area contributed by atoms with Crippen LogP contribution in [0, 0.1) is 11.3 Å². The summed E-state index contributed by atoms with van der Waals surface area (Å²) in [5.74, 6) is 0.783. The molecule has 0 unspecified atom stereocenters. The van der Waals surface area contributed by atoms with Crippen molar-refractivity contribution in [2.45, 2.75) is 33.9 Å². The first-order chi connectivity index (χ1) is 9.72. The van der Waals surface area contributed by atoms with Crippen LogP contribution in [0.5, 0.6) is 0 Å². The Hall–Kier alpha value is -0.710. The van der Waals surface area contributed by atoms with E-state index in [2.05, 4.69) is 6.07 Å². The number of benzene rings is 1. The highest BCUT2D eigenvalue weighted by Gasteiger charge is 2.51. The van der Waals surface area contributed by atoms with Crippen molar-refractivity contribution in [1.82, 2.24) is 0 Å². The zero-order chi connectivity index (χ0) is 14.1. The van der Waals surface area contributed by atoms with E-state index in [0.717, 1.165) is 10.6 Å². The molecule has 0 radical (unpaired) electrons. The maximum Gasteiger partial charge on any atom is 0.114 e. The second-order valence-corrected chi connectivity index (χ2v) is 7.47. The van der Waals surface area contributed by atoms with Gasteiger partial charge < -0.3 is 14.6 Å². The highest BCUT2D eigenvalue weighted by Crippen LogP contribution is 2.45. The second-order valence-electron chi connectivity index (χ2n) is 4.79. The van der Waals surface area contributed by atoms with Crippen LogP contribution >= 0.6 is 23.5 Å². The molecule has 2 fully saturated rings. The SMILES string of the molecule is CO[C@H]1[C@H](O)[C@@H]2CS[C@@H](Sc3ccc(C#N)cc3)[C@H]1O2. The molecule has 1 aromatic rings. The van der Waals surface area contributed by atoms with Crippen molar-refractivity contribution in [3.05, 3.63) is 29.8 Å². The van der Waals surface area contributed by atoms with Gasteiger partial charge in [0, 0.05) is 17.8 Å². The number of thioether (sulfide) groups is 2. The molecule has 0 aromatic heterocycles. The van der Waals surface area contributed by atoms with Crippen LogP contribution < -0.4 is 0 Å². The molecule has 6 heteroatoms. The van der Waals surface area contributed by atoms with Gasteiger partial charge in [-0.05, 0) is 24.3 Å². The van der Waals surface area contributed by atoms with E-state index in [0.29, 0.717) is 5.56 Å². The molecule has 20 heavy (non-hydrogen) atoms. The number of rotatable bonds is 3. The lowest BCUT2D eigenvalue weighted by atomic mass is 10.1. The average molecular weight is 309 g/mol. The van der Waals surface area contributed by atoms with Gasteiger partial charge in [0.1, 0.15) is 18.3 Å². The fourth-order valence-corrected chi connectivity index (χ4v) is 5.34. The van der Waals surface area contributed by atoms with Gasteiger partial charge in [-0.3, -0.25) is 0 Å². The van der Waals surface area contributed by atoms with Crippen LogP contribution in [0.3, 0.4) is 0 Å². The Morgan fingerprint density at radius 2 is 2.20 bits per heavy atom. The molecule has 1 N–H and O–H groups in total. The van der Waals surface area contributed by atoms with E-state index in [1.54, 1.807) is 30.6 Å². The number of methoxy groups -OCH3 is 1. The van der Waals surface area contributed by atoms with E-state index in [4.69, 9.17) is 14.7 Å². The first kappa shape index (κ1) is 14.2. The number of ether oxygens (including phenoxy) is 2. The summed E-state index contributed by atoms with van der Waals surface area (Å²) in [6.45, 7) is 0. The van der Waals surface area contributed by atoms with Crippen LogP contribution in [0.15, 0.2) is 29.2 Å². The van der Waals surface area contributed by atoms with Crippen molar-refractivity contribution in [3.8, 4) is 6.07 Å². The van der Waals surface area contributed by atoms with E-state index in [9.17, 15) is 5.11 Å². The molecule has 1 aromatic carbocycles. The molecule has 0 amide bonds. The zero-order valence-corrected chi connectivity index (χ0v) is 12.6. The molecule has 3 rings (SSSR count). The summed E-state index contributed by atoms with van der Waals surface area (Å²) in [6, 6.07) is 9.64. The number of nitriles is 1. The lowest BCUT2D eigenvalue weighted by Crippen LogP contribution is -2.36. The Bertz CT molecular complexity index is 516. The third kappa shape index (κ3) is 2.57. The van der Waals surface area contributed by atoms with E-state index in [1.807, 2.05) is 24.3 Å². The molecule has 0 spiro atoms. The molecule has 2 aliphatic rings. The Kier molecular flexibility index (Phi) is 4.24. The summed E-state index contributed by atoms with van der Waals surface area (Å²) in [5, 5.41) is 18.9. The minimum absolute atomic E-state index is 0.0978. The first-order valence-electron chi connectivity index (χ1n) is 6.37. The smallest absolute Gasteiger partial charge is 0.114 e. The van der Waals surface area contributed by atoms with Crippen molar-refractivity contribution >= 4 is 23.5 Å². The maximum atomic E-state index is 10.1. The summed E-state index contributed by atoms with van der Waals surface area (Å²) in [5.41, 5.74) is 0.660. The number of aliphatic hydroxyl groups excluding tert-OH is 1. The third-order valence-electron chi connectivity index (χ3n) is 3.57. The Labute approximate surface area is 126 Å². The highest BCUT2D eigenvalue weighted by atomic mass is 32.2. The molecule has 2 heterocycles. The van der Waals surface area contributed by atoms with Crippen LogP contribution in [-0.2, 0) is 9.47 Å². The molecule has 4 nitrogen and oxygen atoms in total. The fourth-order valence-electron chi connectivity index (χ4n) is 2.52. The minimum atomic E-state index is -0.538. The normalized spacial score (nSPS) is 35.8. The van der Waals surface area contributed by atoms with Gasteiger partial charge in [-0.1, -0.05) is 0 Å². The van der Waals surface area contributed by atoms with Crippen molar-refractivity contribution in [2.24, 2.45) is 0 Å². The van der Waals surface area contributed by atoms with Gasteiger partial charge in [-0.2, -0.15) is 5.26 Å². The fraction of sp³-hybridized carbons (Fsp3) is 0.500. The number of fused-ring (bicyclic) bond motifs is 2. The second kappa shape index (κ2) is 5.96. The zero-order valence-electron chi connectivity index (χ0n) is 10.9. The van der Waals surface area contributed by atoms with Crippen molar-refractivity contribution in [1.29, 1.82) is 5.26 Å². The van der Waals surface area contributed by atoms with E-state index in [-0.39, 0.29) is 22.9 Å². The van der Waals surface area contributed by atoms with Crippen molar-refractivity contribution in [3.63, 3.8) is 0 Å². The molecule has 2 bridgehead atoms. The van der Waals surface area contributed by atoms with Crippen LogP contribution in [0.2, 0.25) is 0 Å². The molecule has 106 valence electrons. The number of hydrogen-bond acceptors (Lipinski definition) is 6. The Balaban J connectivity index is 1.72. The van der Waals surface area contributed by atoms with Crippen molar-refractivity contribution in [2.75, 3.05) is 12.9 Å². The highest BCUT2D eigenvalue weighted by molar-refractivity contribution is 8.17. The first-order valence-corrected chi connectivity index (χ1v) is 8.30. The summed E-state index contributed by atoms with van der Waals surface area (Å²) < 4.78 is 11.5. The summed E-state index contributed by atoms with van der Waals surface area (Å²) in [6.07, 6.45) is -1.01. The van der Waals surface area contributed by atoms with Crippen LogP contribution in [0.25, 0.3) is 0 Å². The molecular formula is C14H15NO3S2. The topological polar surface area (TPSA) is 62.5 Å². The van der Waals surface area contributed by atoms with Crippen LogP contribution in [0.4, 0.5) is 0 Å². The van der Waals surface area contributed by atoms with E-state index in [1.165, 1.54) is 0 Å². The number of hydrogen-bond donors (Lipinski definition) is 1. The van der Waals surface area contributed by atoms with Crippen molar-refractivity contribution < 1.29 is 14.6 Å². The Morgan fingerprint density at radius 1 is 1.45 bits per heavy atom. The van der Waals surface area contributed by atoms with Crippen LogP contribution in [-0.4, -0.2) is 47.0 Å². The summed E-state index contributed by atoms with van der Waals surface area (Å²) in [7, 11) is 1.62. The predicted octanol–water partition coefficient (Wildman–Crippen LogP) is 1.87. The minimum Gasteiger partial charge on any atom is -0.388 e. The Morgan fingerprint density at radius 3 is 2.85 bits per heavy atom. The van der Waals surface area contributed by atoms with E-state index >= 15 is 0 Å². The lowest BCUT2D eigenvalue weighted by molar-refractivity contribution is -0.00448. The van der Waals surface area contributed by atoms with Gasteiger partial charge in [-0.15, -0.1) is 23.5 Å². The molecule has 2 aliphatic heterocycles. The summed E-state index contributed by atoms with van der Waals surface area (Å²) in [4.78, 5) is 1.10. The molecule has 2 saturated heterocycles. The lowest BCUT2D eigenvalue weighted by Gasteiger charge is -2.29. The average Bonchev–Trinajstić information content (AvgIpc) is 2.75. The van der Waals surface area contributed by atoms with E-state index < -0.39 is 6.10 Å². The quantitative estimate of drug-likeness (QED) is 0.919.